The maximum absolute atomic E-state index is 11.1. The van der Waals surface area contributed by atoms with E-state index in [9.17, 15) is 9.90 Å². The smallest absolute Gasteiger partial charge is 0.363 e. The molecule has 110 valence electrons. The Bertz CT molecular complexity index is 744. The van der Waals surface area contributed by atoms with Crippen molar-refractivity contribution in [1.29, 1.82) is 0 Å². The van der Waals surface area contributed by atoms with Crippen LogP contribution in [0.2, 0.25) is 0 Å². The number of phenols is 1. The first kappa shape index (κ1) is 15.0. The van der Waals surface area contributed by atoms with Crippen LogP contribution in [-0.4, -0.2) is 33.6 Å². The molecule has 0 radical (unpaired) electrons. The molecular formula is C12H12BrN5O3. The summed E-state index contributed by atoms with van der Waals surface area (Å²) >= 11 is 3.30. The number of hydrazone groups is 1. The summed E-state index contributed by atoms with van der Waals surface area (Å²) in [5, 5.41) is 19.8. The number of benzene rings is 1. The van der Waals surface area contributed by atoms with Gasteiger partial charge in [0.25, 0.3) is 0 Å². The first-order valence-corrected chi connectivity index (χ1v) is 6.59. The highest BCUT2D eigenvalue weighted by Gasteiger charge is 2.08. The number of aromatic hydroxyl groups is 1. The number of aromatic amines is 1. The molecule has 8 nitrogen and oxygen atoms in total. The second-order valence-electron chi connectivity index (χ2n) is 3.99. The van der Waals surface area contributed by atoms with Crippen LogP contribution in [0.5, 0.6) is 11.5 Å². The van der Waals surface area contributed by atoms with Gasteiger partial charge in [-0.05, 0) is 19.1 Å². The fourth-order valence-electron chi connectivity index (χ4n) is 1.51. The van der Waals surface area contributed by atoms with Crippen LogP contribution < -0.4 is 15.9 Å². The van der Waals surface area contributed by atoms with Gasteiger partial charge in [0.05, 0.1) is 13.3 Å². The lowest BCUT2D eigenvalue weighted by Gasteiger charge is -2.07. The largest absolute Gasteiger partial charge is 0.504 e. The second kappa shape index (κ2) is 6.35. The monoisotopic (exact) mass is 353 g/mol. The number of anilines is 1. The molecule has 0 saturated carbocycles. The molecule has 1 aromatic carbocycles. The summed E-state index contributed by atoms with van der Waals surface area (Å²) < 4.78 is 5.76. The zero-order valence-electron chi connectivity index (χ0n) is 11.2. The highest BCUT2D eigenvalue weighted by molar-refractivity contribution is 9.10. The summed E-state index contributed by atoms with van der Waals surface area (Å²) in [6, 6.07) is 3.30. The Labute approximate surface area is 128 Å². The SMILES string of the molecule is COc1cc(Br)cc(/C=N\Nc2nc(=O)[nH]nc2C)c1O. The van der Waals surface area contributed by atoms with Crippen molar-refractivity contribution < 1.29 is 9.84 Å². The van der Waals surface area contributed by atoms with E-state index in [1.807, 2.05) is 0 Å². The summed E-state index contributed by atoms with van der Waals surface area (Å²) in [5.74, 6) is 0.509. The lowest BCUT2D eigenvalue weighted by atomic mass is 10.2. The van der Waals surface area contributed by atoms with E-state index in [2.05, 4.69) is 41.6 Å². The molecule has 1 aromatic heterocycles. The number of aromatic nitrogens is 3. The topological polar surface area (TPSA) is 112 Å². The van der Waals surface area contributed by atoms with Crippen molar-refractivity contribution in [2.45, 2.75) is 6.92 Å². The number of halogens is 1. The average molecular weight is 354 g/mol. The molecule has 0 unspecified atom stereocenters. The molecule has 0 bridgehead atoms. The molecule has 0 atom stereocenters. The number of nitrogens with zero attached hydrogens (tertiary/aromatic N) is 3. The quantitative estimate of drug-likeness (QED) is 0.565. The van der Waals surface area contributed by atoms with E-state index in [1.54, 1.807) is 19.1 Å². The van der Waals surface area contributed by atoms with Crippen LogP contribution in [0.1, 0.15) is 11.3 Å². The Morgan fingerprint density at radius 2 is 2.29 bits per heavy atom. The summed E-state index contributed by atoms with van der Waals surface area (Å²) in [6.45, 7) is 1.67. The number of H-pyrrole nitrogens is 1. The van der Waals surface area contributed by atoms with E-state index in [0.717, 1.165) is 4.47 Å². The molecule has 0 aliphatic carbocycles. The Morgan fingerprint density at radius 1 is 1.52 bits per heavy atom. The van der Waals surface area contributed by atoms with Gasteiger partial charge in [-0.3, -0.25) is 5.43 Å². The number of hydrogen-bond acceptors (Lipinski definition) is 7. The normalized spacial score (nSPS) is 10.8. The molecule has 0 aliphatic rings. The fourth-order valence-corrected chi connectivity index (χ4v) is 1.96. The average Bonchev–Trinajstić information content (AvgIpc) is 2.45. The van der Waals surface area contributed by atoms with E-state index in [4.69, 9.17) is 4.74 Å². The highest BCUT2D eigenvalue weighted by atomic mass is 79.9. The number of rotatable bonds is 4. The van der Waals surface area contributed by atoms with Gasteiger partial charge in [-0.25, -0.2) is 9.89 Å². The third kappa shape index (κ3) is 3.57. The van der Waals surface area contributed by atoms with Crippen molar-refractivity contribution in [2.24, 2.45) is 5.10 Å². The maximum atomic E-state index is 11.1. The maximum Gasteiger partial charge on any atom is 0.363 e. The Hall–Kier alpha value is -2.42. The van der Waals surface area contributed by atoms with Gasteiger partial charge in [-0.2, -0.15) is 15.2 Å². The van der Waals surface area contributed by atoms with E-state index in [1.165, 1.54) is 13.3 Å². The van der Waals surface area contributed by atoms with E-state index < -0.39 is 5.69 Å². The Balaban J connectivity index is 2.24. The Morgan fingerprint density at radius 3 is 3.00 bits per heavy atom. The van der Waals surface area contributed by atoms with Crippen LogP contribution in [-0.2, 0) is 0 Å². The summed E-state index contributed by atoms with van der Waals surface area (Å²) in [6.07, 6.45) is 1.38. The third-order valence-corrected chi connectivity index (χ3v) is 3.00. The van der Waals surface area contributed by atoms with Gasteiger partial charge in [0.15, 0.2) is 17.3 Å². The number of phenolic OH excluding ortho intramolecular Hbond substituents is 1. The van der Waals surface area contributed by atoms with Crippen LogP contribution in [0.3, 0.4) is 0 Å². The molecule has 0 aliphatic heterocycles. The van der Waals surface area contributed by atoms with Crippen molar-refractivity contribution in [2.75, 3.05) is 12.5 Å². The van der Waals surface area contributed by atoms with Gasteiger partial charge < -0.3 is 9.84 Å². The molecule has 21 heavy (non-hydrogen) atoms. The number of methoxy groups -OCH3 is 1. The Kier molecular flexibility index (Phi) is 4.53. The summed E-state index contributed by atoms with van der Waals surface area (Å²) in [5.41, 5.74) is 2.94. The fraction of sp³-hybridized carbons (Fsp3) is 0.167. The van der Waals surface area contributed by atoms with E-state index >= 15 is 0 Å². The van der Waals surface area contributed by atoms with Crippen LogP contribution in [0.25, 0.3) is 0 Å². The zero-order chi connectivity index (χ0) is 15.4. The van der Waals surface area contributed by atoms with Crippen molar-refractivity contribution in [1.82, 2.24) is 15.2 Å². The molecule has 0 spiro atoms. The molecule has 0 amide bonds. The van der Waals surface area contributed by atoms with Crippen molar-refractivity contribution >= 4 is 28.0 Å². The molecule has 3 N–H and O–H groups in total. The number of nitrogens with one attached hydrogen (secondary N) is 2. The van der Waals surface area contributed by atoms with Gasteiger partial charge in [0, 0.05) is 10.0 Å². The summed E-state index contributed by atoms with van der Waals surface area (Å²) in [4.78, 5) is 14.8. The zero-order valence-corrected chi connectivity index (χ0v) is 12.8. The second-order valence-corrected chi connectivity index (χ2v) is 4.91. The molecule has 0 fully saturated rings. The minimum Gasteiger partial charge on any atom is -0.504 e. The van der Waals surface area contributed by atoms with Gasteiger partial charge in [-0.1, -0.05) is 15.9 Å². The third-order valence-electron chi connectivity index (χ3n) is 2.54. The first-order chi connectivity index (χ1) is 10.0. The molecule has 2 rings (SSSR count). The van der Waals surface area contributed by atoms with Crippen molar-refractivity contribution in [3.8, 4) is 11.5 Å². The molecule has 1 heterocycles. The van der Waals surface area contributed by atoms with Crippen LogP contribution in [0.15, 0.2) is 26.5 Å². The van der Waals surface area contributed by atoms with Gasteiger partial charge >= 0.3 is 5.69 Å². The lowest BCUT2D eigenvalue weighted by Crippen LogP contribution is -2.15. The highest BCUT2D eigenvalue weighted by Crippen LogP contribution is 2.32. The van der Waals surface area contributed by atoms with Gasteiger partial charge in [0.1, 0.15) is 5.69 Å². The predicted octanol–water partition coefficient (Wildman–Crippen LogP) is 1.40. The number of ether oxygens (including phenoxy) is 1. The molecule has 9 heteroatoms. The standard InChI is InChI=1S/C12H12BrN5O3/c1-6-11(15-12(20)18-16-6)17-14-5-7-3-8(13)4-9(21-2)10(7)19/h3-5,19H,1-2H3,(H2,15,17,18,20)/b14-5-. The number of hydrogen-bond donors (Lipinski definition) is 3. The van der Waals surface area contributed by atoms with Crippen LogP contribution in [0.4, 0.5) is 5.82 Å². The molecule has 2 aromatic rings. The molecule has 0 saturated heterocycles. The van der Waals surface area contributed by atoms with Crippen LogP contribution >= 0.6 is 15.9 Å². The first-order valence-electron chi connectivity index (χ1n) is 5.80. The minimum atomic E-state index is -0.578. The van der Waals surface area contributed by atoms with Gasteiger partial charge in [0.2, 0.25) is 0 Å². The number of aryl methyl sites for hydroxylation is 1. The minimum absolute atomic E-state index is 0.0417. The van der Waals surface area contributed by atoms with Crippen LogP contribution in [0, 0.1) is 6.92 Å². The molecular weight excluding hydrogens is 342 g/mol. The van der Waals surface area contributed by atoms with Crippen molar-refractivity contribution in [3.63, 3.8) is 0 Å². The van der Waals surface area contributed by atoms with E-state index in [0.29, 0.717) is 17.0 Å². The van der Waals surface area contributed by atoms with Crippen molar-refractivity contribution in [3.05, 3.63) is 38.3 Å². The lowest BCUT2D eigenvalue weighted by molar-refractivity contribution is 0.373. The van der Waals surface area contributed by atoms with Gasteiger partial charge in [-0.15, -0.1) is 0 Å². The van der Waals surface area contributed by atoms with E-state index in [-0.39, 0.29) is 11.6 Å². The summed E-state index contributed by atoms with van der Waals surface area (Å²) in [7, 11) is 1.45. The predicted molar refractivity (Wildman–Crippen MR) is 81.0 cm³/mol.